The Bertz CT molecular complexity index is 1010. The number of rotatable bonds is 3. The van der Waals surface area contributed by atoms with Crippen LogP contribution in [0, 0.1) is 4.77 Å². The summed E-state index contributed by atoms with van der Waals surface area (Å²) in [6.07, 6.45) is 1.57. The lowest BCUT2D eigenvalue weighted by molar-refractivity contribution is -0.152. The van der Waals surface area contributed by atoms with Gasteiger partial charge < -0.3 is 14.6 Å². The largest absolute Gasteiger partial charge is 0.459 e. The number of esters is 1. The summed E-state index contributed by atoms with van der Waals surface area (Å²) in [6, 6.07) is 6.72. The van der Waals surface area contributed by atoms with Crippen molar-refractivity contribution in [2.75, 3.05) is 11.9 Å². The Labute approximate surface area is 147 Å². The zero-order valence-electron chi connectivity index (χ0n) is 13.5. The molecule has 0 unspecified atom stereocenters. The molecule has 3 rings (SSSR count). The van der Waals surface area contributed by atoms with Crippen molar-refractivity contribution in [3.05, 3.63) is 35.4 Å². The summed E-state index contributed by atoms with van der Waals surface area (Å²) in [5.41, 5.74) is 1.18. The summed E-state index contributed by atoms with van der Waals surface area (Å²) >= 11 is 5.26. The number of hydrogen-bond donors (Lipinski definition) is 1. The van der Waals surface area contributed by atoms with Crippen LogP contribution < -0.4 is 5.32 Å². The Morgan fingerprint density at radius 1 is 1.28 bits per heavy atom. The molecule has 0 saturated heterocycles. The Morgan fingerprint density at radius 2 is 2.00 bits per heavy atom. The summed E-state index contributed by atoms with van der Waals surface area (Å²) in [7, 11) is 1.77. The van der Waals surface area contributed by atoms with Crippen molar-refractivity contribution in [2.24, 2.45) is 7.05 Å². The topological polar surface area (TPSA) is 103 Å². The predicted octanol–water partition coefficient (Wildman–Crippen LogP) is 1.36. The maximum Gasteiger partial charge on any atom is 0.397 e. The van der Waals surface area contributed by atoms with Gasteiger partial charge in [-0.3, -0.25) is 4.79 Å². The fourth-order valence-electron chi connectivity index (χ4n) is 2.06. The molecule has 1 N–H and O–H groups in total. The first kappa shape index (κ1) is 16.7. The number of hydrogen-bond acceptors (Lipinski definition) is 7. The molecule has 3 aromatic rings. The molecular formula is C15H14N6O3S. The van der Waals surface area contributed by atoms with Crippen LogP contribution in [0.15, 0.2) is 30.6 Å². The van der Waals surface area contributed by atoms with Gasteiger partial charge in [0.15, 0.2) is 5.82 Å². The molecule has 0 aliphatic heterocycles. The molecule has 0 radical (unpaired) electrons. The van der Waals surface area contributed by atoms with Crippen LogP contribution >= 0.6 is 12.2 Å². The third-order valence-corrected chi connectivity index (χ3v) is 3.74. The Balaban J connectivity index is 1.83. The third-order valence-electron chi connectivity index (χ3n) is 3.28. The summed E-state index contributed by atoms with van der Waals surface area (Å²) in [5.74, 6) is -0.899. The molecule has 128 valence electrons. The third kappa shape index (κ3) is 3.38. The molecule has 0 aliphatic carbocycles. The van der Waals surface area contributed by atoms with E-state index in [9.17, 15) is 9.59 Å². The number of aryl methyl sites for hydroxylation is 1. The highest BCUT2D eigenvalue weighted by molar-refractivity contribution is 7.71. The smallest absolute Gasteiger partial charge is 0.397 e. The number of nitrogens with one attached hydrogen (secondary N) is 1. The fraction of sp³-hybridized carbons (Fsp3) is 0.200. The Morgan fingerprint density at radius 3 is 2.68 bits per heavy atom. The summed E-state index contributed by atoms with van der Waals surface area (Å²) in [4.78, 5) is 31.4. The molecule has 25 heavy (non-hydrogen) atoms. The first-order valence-electron chi connectivity index (χ1n) is 7.36. The molecule has 0 aliphatic rings. The van der Waals surface area contributed by atoms with Crippen LogP contribution in [0.25, 0.3) is 17.2 Å². The van der Waals surface area contributed by atoms with E-state index in [2.05, 4.69) is 25.1 Å². The van der Waals surface area contributed by atoms with Crippen molar-refractivity contribution in [3.8, 4) is 11.4 Å². The second-order valence-electron chi connectivity index (χ2n) is 5.04. The van der Waals surface area contributed by atoms with Gasteiger partial charge in [-0.15, -0.1) is 5.10 Å². The van der Waals surface area contributed by atoms with Crippen molar-refractivity contribution in [2.45, 2.75) is 6.92 Å². The predicted molar refractivity (Wildman–Crippen MR) is 91.3 cm³/mol. The van der Waals surface area contributed by atoms with Crippen molar-refractivity contribution < 1.29 is 14.3 Å². The molecule has 0 saturated carbocycles. The van der Waals surface area contributed by atoms with Crippen LogP contribution in [0.1, 0.15) is 6.92 Å². The van der Waals surface area contributed by atoms with E-state index in [0.717, 1.165) is 5.56 Å². The van der Waals surface area contributed by atoms with Gasteiger partial charge in [-0.25, -0.2) is 9.78 Å². The summed E-state index contributed by atoms with van der Waals surface area (Å²) in [5, 5.41) is 6.80. The lowest BCUT2D eigenvalue weighted by atomic mass is 10.2. The van der Waals surface area contributed by atoms with Crippen LogP contribution in [0.3, 0.4) is 0 Å². The van der Waals surface area contributed by atoms with Gasteiger partial charge >= 0.3 is 11.9 Å². The molecule has 2 heterocycles. The number of carbonyl (C=O) groups is 2. The van der Waals surface area contributed by atoms with Gasteiger partial charge in [0.05, 0.1) is 6.61 Å². The zero-order chi connectivity index (χ0) is 18.0. The Hall–Kier alpha value is -3.14. The van der Waals surface area contributed by atoms with Gasteiger partial charge in [-0.05, 0) is 43.4 Å². The first-order valence-corrected chi connectivity index (χ1v) is 7.77. The number of aromatic nitrogens is 5. The number of fused-ring (bicyclic) bond motifs is 1. The second-order valence-corrected chi connectivity index (χ2v) is 5.40. The van der Waals surface area contributed by atoms with Gasteiger partial charge in [0.1, 0.15) is 6.33 Å². The average Bonchev–Trinajstić information content (AvgIpc) is 3.04. The highest BCUT2D eigenvalue weighted by Gasteiger charge is 2.15. The van der Waals surface area contributed by atoms with E-state index < -0.39 is 11.9 Å². The van der Waals surface area contributed by atoms with Crippen LogP contribution in [0.2, 0.25) is 0 Å². The lowest BCUT2D eigenvalue weighted by Crippen LogP contribution is -2.24. The maximum atomic E-state index is 11.6. The standard InChI is InChI=1S/C15H14N6O3S/c1-3-24-13(23)12(22)17-10-6-4-9(5-7-10)11-18-14-16-8-20(2)15(25)21(14)19-11/h4-8H,3H2,1-2H3,(H,17,22). The maximum absolute atomic E-state index is 11.6. The fourth-order valence-corrected chi connectivity index (χ4v) is 2.23. The molecule has 0 fully saturated rings. The van der Waals surface area contributed by atoms with E-state index in [1.165, 1.54) is 4.52 Å². The van der Waals surface area contributed by atoms with Gasteiger partial charge in [0.2, 0.25) is 4.77 Å². The normalized spacial score (nSPS) is 10.6. The van der Waals surface area contributed by atoms with E-state index in [-0.39, 0.29) is 6.61 Å². The molecule has 0 spiro atoms. The first-order chi connectivity index (χ1) is 12.0. The molecule has 1 aromatic carbocycles. The molecule has 1 amide bonds. The monoisotopic (exact) mass is 358 g/mol. The van der Waals surface area contributed by atoms with Crippen LogP contribution in [0.4, 0.5) is 5.69 Å². The second kappa shape index (κ2) is 6.77. The average molecular weight is 358 g/mol. The van der Waals surface area contributed by atoms with E-state index >= 15 is 0 Å². The van der Waals surface area contributed by atoms with Crippen LogP contribution in [-0.2, 0) is 21.4 Å². The van der Waals surface area contributed by atoms with E-state index in [1.807, 2.05) is 0 Å². The zero-order valence-corrected chi connectivity index (χ0v) is 14.3. The van der Waals surface area contributed by atoms with Gasteiger partial charge in [-0.2, -0.15) is 9.50 Å². The van der Waals surface area contributed by atoms with E-state index in [4.69, 9.17) is 12.2 Å². The van der Waals surface area contributed by atoms with Gasteiger partial charge in [0.25, 0.3) is 5.78 Å². The Kier molecular flexibility index (Phi) is 4.52. The van der Waals surface area contributed by atoms with Crippen molar-refractivity contribution in [1.82, 2.24) is 24.1 Å². The minimum absolute atomic E-state index is 0.140. The molecule has 0 atom stereocenters. The number of carbonyl (C=O) groups excluding carboxylic acids is 2. The van der Waals surface area contributed by atoms with E-state index in [1.54, 1.807) is 49.1 Å². The highest BCUT2D eigenvalue weighted by atomic mass is 32.1. The van der Waals surface area contributed by atoms with Crippen molar-refractivity contribution in [1.29, 1.82) is 0 Å². The number of ether oxygens (including phenoxy) is 1. The van der Waals surface area contributed by atoms with Gasteiger partial charge in [-0.1, -0.05) is 0 Å². The molecule has 10 heteroatoms. The van der Waals surface area contributed by atoms with Gasteiger partial charge in [0, 0.05) is 18.3 Å². The minimum atomic E-state index is -0.925. The number of amides is 1. The SMILES string of the molecule is CCOC(=O)C(=O)Nc1ccc(-c2nc3ncn(C)c(=S)n3n2)cc1. The highest BCUT2D eigenvalue weighted by Crippen LogP contribution is 2.18. The van der Waals surface area contributed by atoms with E-state index in [0.29, 0.717) is 22.1 Å². The van der Waals surface area contributed by atoms with Crippen LogP contribution in [0.5, 0.6) is 0 Å². The lowest BCUT2D eigenvalue weighted by Gasteiger charge is -2.04. The number of benzene rings is 1. The van der Waals surface area contributed by atoms with Crippen molar-refractivity contribution >= 4 is 35.6 Å². The number of anilines is 1. The molecule has 9 nitrogen and oxygen atoms in total. The summed E-state index contributed by atoms with van der Waals surface area (Å²) in [6.45, 7) is 1.77. The molecule has 0 bridgehead atoms. The molecular weight excluding hydrogens is 344 g/mol. The quantitative estimate of drug-likeness (QED) is 0.428. The summed E-state index contributed by atoms with van der Waals surface area (Å²) < 4.78 is 8.24. The van der Waals surface area contributed by atoms with Crippen molar-refractivity contribution in [3.63, 3.8) is 0 Å². The minimum Gasteiger partial charge on any atom is -0.459 e. The van der Waals surface area contributed by atoms with Crippen LogP contribution in [-0.4, -0.2) is 42.6 Å². The number of nitrogens with zero attached hydrogens (tertiary/aromatic N) is 5. The molecule has 2 aromatic heterocycles.